The lowest BCUT2D eigenvalue weighted by molar-refractivity contribution is -0.140. The lowest BCUT2D eigenvalue weighted by Crippen LogP contribution is -2.42. The quantitative estimate of drug-likeness (QED) is 0.361. The molecule has 2 aromatic rings. The summed E-state index contributed by atoms with van der Waals surface area (Å²) in [6.07, 6.45) is 0. The first-order valence-electron chi connectivity index (χ1n) is 10.9. The molecule has 7 nitrogen and oxygen atoms in total. The van der Waals surface area contributed by atoms with Gasteiger partial charge in [0.1, 0.15) is 11.5 Å². The number of benzene rings is 2. The van der Waals surface area contributed by atoms with Gasteiger partial charge in [-0.25, -0.2) is 0 Å². The summed E-state index contributed by atoms with van der Waals surface area (Å²) in [6.45, 7) is 5.76. The zero-order chi connectivity index (χ0) is 23.5. The molecule has 0 aromatic heterocycles. The fraction of sp³-hybridized carbons (Fsp3) is 0.360. The van der Waals surface area contributed by atoms with Gasteiger partial charge in [0.2, 0.25) is 0 Å². The Morgan fingerprint density at radius 3 is 2.58 bits per heavy atom. The summed E-state index contributed by atoms with van der Waals surface area (Å²) in [7, 11) is 1.58. The second kappa shape index (κ2) is 10.1. The number of ketones is 1. The number of likely N-dealkylation sites (tertiary alicyclic amines) is 1. The Balaban J connectivity index is 1.75. The van der Waals surface area contributed by atoms with E-state index in [4.69, 9.17) is 9.47 Å². The van der Waals surface area contributed by atoms with Crippen molar-refractivity contribution in [3.63, 3.8) is 0 Å². The highest BCUT2D eigenvalue weighted by Crippen LogP contribution is 2.40. The molecule has 1 atom stereocenters. The predicted molar refractivity (Wildman–Crippen MR) is 128 cm³/mol. The number of methoxy groups -OCH3 is 1. The van der Waals surface area contributed by atoms with Crippen LogP contribution in [-0.4, -0.2) is 73.1 Å². The van der Waals surface area contributed by atoms with E-state index in [1.807, 2.05) is 31.2 Å². The van der Waals surface area contributed by atoms with Crippen molar-refractivity contribution in [1.29, 1.82) is 0 Å². The van der Waals surface area contributed by atoms with Gasteiger partial charge in [0.15, 0.2) is 0 Å². The van der Waals surface area contributed by atoms with Crippen molar-refractivity contribution < 1.29 is 24.2 Å². The minimum atomic E-state index is -0.675. The number of nitrogens with zero attached hydrogens (tertiary/aromatic N) is 2. The van der Waals surface area contributed by atoms with Crippen molar-refractivity contribution in [2.45, 2.75) is 13.0 Å². The smallest absolute Gasteiger partial charge is 0.295 e. The zero-order valence-electron chi connectivity index (χ0n) is 18.7. The summed E-state index contributed by atoms with van der Waals surface area (Å²) >= 11 is 3.49. The topological polar surface area (TPSA) is 79.3 Å². The highest BCUT2D eigenvalue weighted by Gasteiger charge is 2.46. The SMILES string of the molecule is COc1ccc(/C(O)=C2\C(=O)C(=O)N(CCN3CCOCC3)[C@@H]2c2cccc(Br)c2)cc1C. The molecule has 2 aliphatic rings. The van der Waals surface area contributed by atoms with Gasteiger partial charge >= 0.3 is 0 Å². The van der Waals surface area contributed by atoms with E-state index in [1.165, 1.54) is 0 Å². The number of hydrogen-bond donors (Lipinski definition) is 1. The van der Waals surface area contributed by atoms with Gasteiger partial charge in [-0.15, -0.1) is 0 Å². The molecule has 2 saturated heterocycles. The number of Topliss-reactive ketones (excluding diaryl/α,β-unsaturated/α-hetero) is 1. The number of amides is 1. The summed E-state index contributed by atoms with van der Waals surface area (Å²) in [5.41, 5.74) is 2.16. The number of morpholine rings is 1. The van der Waals surface area contributed by atoms with E-state index in [0.717, 1.165) is 28.7 Å². The van der Waals surface area contributed by atoms with Gasteiger partial charge in [0.05, 0.1) is 31.9 Å². The summed E-state index contributed by atoms with van der Waals surface area (Å²) in [5.74, 6) is -0.771. The third-order valence-electron chi connectivity index (χ3n) is 6.13. The van der Waals surface area contributed by atoms with E-state index in [1.54, 1.807) is 30.2 Å². The number of carbonyl (C=O) groups is 2. The van der Waals surface area contributed by atoms with Gasteiger partial charge in [-0.3, -0.25) is 14.5 Å². The Bertz CT molecular complexity index is 1090. The molecule has 0 saturated carbocycles. The number of aliphatic hydroxyl groups excluding tert-OH is 1. The summed E-state index contributed by atoms with van der Waals surface area (Å²) in [5, 5.41) is 11.2. The summed E-state index contributed by atoms with van der Waals surface area (Å²) < 4.78 is 11.5. The van der Waals surface area contributed by atoms with Gasteiger partial charge in [0, 0.05) is 36.2 Å². The van der Waals surface area contributed by atoms with E-state index in [0.29, 0.717) is 37.6 Å². The molecule has 1 amide bonds. The average molecular weight is 515 g/mol. The highest BCUT2D eigenvalue weighted by atomic mass is 79.9. The molecule has 0 aliphatic carbocycles. The van der Waals surface area contributed by atoms with E-state index in [9.17, 15) is 14.7 Å². The minimum Gasteiger partial charge on any atom is -0.507 e. The van der Waals surface area contributed by atoms with Crippen LogP contribution < -0.4 is 4.74 Å². The predicted octanol–water partition coefficient (Wildman–Crippen LogP) is 3.52. The van der Waals surface area contributed by atoms with Gasteiger partial charge in [-0.1, -0.05) is 28.1 Å². The molecule has 0 bridgehead atoms. The van der Waals surface area contributed by atoms with Gasteiger partial charge < -0.3 is 19.5 Å². The molecule has 0 radical (unpaired) electrons. The fourth-order valence-corrected chi connectivity index (χ4v) is 4.81. The normalized spacial score (nSPS) is 20.9. The van der Waals surface area contributed by atoms with Crippen molar-refractivity contribution in [1.82, 2.24) is 9.80 Å². The Morgan fingerprint density at radius 1 is 1.15 bits per heavy atom. The van der Waals surface area contributed by atoms with Gasteiger partial charge in [-0.2, -0.15) is 0 Å². The van der Waals surface area contributed by atoms with Crippen LogP contribution in [0.25, 0.3) is 5.76 Å². The number of hydrogen-bond acceptors (Lipinski definition) is 6. The van der Waals surface area contributed by atoms with Crippen LogP contribution in [0.15, 0.2) is 52.5 Å². The Hall–Kier alpha value is -2.68. The monoisotopic (exact) mass is 514 g/mol. The van der Waals surface area contributed by atoms with Crippen LogP contribution in [0.1, 0.15) is 22.7 Å². The van der Waals surface area contributed by atoms with Crippen LogP contribution in [0.2, 0.25) is 0 Å². The number of rotatable bonds is 6. The van der Waals surface area contributed by atoms with E-state index >= 15 is 0 Å². The highest BCUT2D eigenvalue weighted by molar-refractivity contribution is 9.10. The lowest BCUT2D eigenvalue weighted by Gasteiger charge is -2.31. The maximum atomic E-state index is 13.2. The first-order chi connectivity index (χ1) is 15.9. The second-order valence-corrected chi connectivity index (χ2v) is 9.10. The van der Waals surface area contributed by atoms with Crippen molar-refractivity contribution in [2.75, 3.05) is 46.5 Å². The van der Waals surface area contributed by atoms with Crippen LogP contribution in [0.3, 0.4) is 0 Å². The molecule has 1 N–H and O–H groups in total. The number of halogens is 1. The van der Waals surface area contributed by atoms with Gasteiger partial charge in [-0.05, 0) is 48.4 Å². The molecule has 2 aliphatic heterocycles. The van der Waals surface area contributed by atoms with E-state index in [-0.39, 0.29) is 11.3 Å². The molecule has 2 heterocycles. The Kier molecular flexibility index (Phi) is 7.17. The standard InChI is InChI=1S/C25H27BrN2O5/c1-16-14-18(6-7-20(16)32-2)23(29)21-22(17-4-3-5-19(26)15-17)28(25(31)24(21)30)9-8-27-10-12-33-13-11-27/h3-7,14-15,22,29H,8-13H2,1-2H3/b23-21+/t22-/m1/s1. The lowest BCUT2D eigenvalue weighted by atomic mass is 9.95. The maximum Gasteiger partial charge on any atom is 0.295 e. The minimum absolute atomic E-state index is 0.102. The molecule has 8 heteroatoms. The maximum absolute atomic E-state index is 13.2. The van der Waals surface area contributed by atoms with Gasteiger partial charge in [0.25, 0.3) is 11.7 Å². The Labute approximate surface area is 201 Å². The van der Waals surface area contributed by atoms with Crippen molar-refractivity contribution >= 4 is 33.4 Å². The van der Waals surface area contributed by atoms with Crippen LogP contribution in [-0.2, 0) is 14.3 Å². The summed E-state index contributed by atoms with van der Waals surface area (Å²) in [6, 6.07) is 12.0. The Morgan fingerprint density at radius 2 is 1.91 bits per heavy atom. The van der Waals surface area contributed by atoms with Crippen LogP contribution in [0.5, 0.6) is 5.75 Å². The molecule has 0 spiro atoms. The molecular weight excluding hydrogens is 488 g/mol. The van der Waals surface area contributed by atoms with E-state index in [2.05, 4.69) is 20.8 Å². The third kappa shape index (κ3) is 4.83. The molecule has 2 fully saturated rings. The first kappa shape index (κ1) is 23.5. The second-order valence-electron chi connectivity index (χ2n) is 8.19. The number of aliphatic hydroxyl groups is 1. The average Bonchev–Trinajstić information content (AvgIpc) is 3.07. The van der Waals surface area contributed by atoms with Crippen molar-refractivity contribution in [3.05, 3.63) is 69.2 Å². The van der Waals surface area contributed by atoms with Crippen LogP contribution in [0.4, 0.5) is 0 Å². The molecule has 174 valence electrons. The zero-order valence-corrected chi connectivity index (χ0v) is 20.3. The molecule has 4 rings (SSSR count). The molecule has 2 aromatic carbocycles. The van der Waals surface area contributed by atoms with Crippen LogP contribution >= 0.6 is 15.9 Å². The van der Waals surface area contributed by atoms with Crippen molar-refractivity contribution in [2.24, 2.45) is 0 Å². The van der Waals surface area contributed by atoms with Crippen LogP contribution in [0, 0.1) is 6.92 Å². The van der Waals surface area contributed by atoms with E-state index < -0.39 is 17.7 Å². The number of aryl methyl sites for hydroxylation is 1. The molecular formula is C25H27BrN2O5. The number of ether oxygens (including phenoxy) is 2. The first-order valence-corrected chi connectivity index (χ1v) is 11.7. The number of carbonyl (C=O) groups excluding carboxylic acids is 2. The fourth-order valence-electron chi connectivity index (χ4n) is 4.39. The molecule has 0 unspecified atom stereocenters. The summed E-state index contributed by atoms with van der Waals surface area (Å²) in [4.78, 5) is 30.1. The van der Waals surface area contributed by atoms with Crippen molar-refractivity contribution in [3.8, 4) is 5.75 Å². The largest absolute Gasteiger partial charge is 0.507 e. The molecule has 33 heavy (non-hydrogen) atoms. The third-order valence-corrected chi connectivity index (χ3v) is 6.63.